The van der Waals surface area contributed by atoms with E-state index in [1.54, 1.807) is 0 Å². The van der Waals surface area contributed by atoms with Crippen LogP contribution in [-0.4, -0.2) is 11.6 Å². The summed E-state index contributed by atoms with van der Waals surface area (Å²) >= 11 is 1.85. The minimum Gasteiger partial charge on any atom is -0.483 e. The highest BCUT2D eigenvalue weighted by molar-refractivity contribution is 7.19. The van der Waals surface area contributed by atoms with Gasteiger partial charge in [-0.05, 0) is 24.4 Å². The fourth-order valence-corrected chi connectivity index (χ4v) is 2.04. The summed E-state index contributed by atoms with van der Waals surface area (Å²) in [5.41, 5.74) is 0. The maximum Gasteiger partial charge on any atom is 0.290 e. The molecule has 0 atom stereocenters. The summed E-state index contributed by atoms with van der Waals surface area (Å²) in [5.74, 6) is 0. The molecule has 0 spiro atoms. The van der Waals surface area contributed by atoms with Crippen molar-refractivity contribution in [1.29, 1.82) is 0 Å². The second kappa shape index (κ2) is 4.62. The fraction of sp³-hybridized carbons (Fsp3) is 0.100. The van der Waals surface area contributed by atoms with Crippen LogP contribution in [0.15, 0.2) is 30.3 Å². The molecule has 0 saturated carbocycles. The number of hydrogen-bond donors (Lipinski definition) is 1. The van der Waals surface area contributed by atoms with Gasteiger partial charge in [0.1, 0.15) is 0 Å². The van der Waals surface area contributed by atoms with Crippen molar-refractivity contribution in [2.75, 3.05) is 0 Å². The van der Waals surface area contributed by atoms with Gasteiger partial charge in [0.15, 0.2) is 0 Å². The van der Waals surface area contributed by atoms with Crippen LogP contribution < -0.4 is 0 Å². The first kappa shape index (κ1) is 9.74. The molecule has 2 nitrogen and oxygen atoms in total. The van der Waals surface area contributed by atoms with Crippen LogP contribution in [-0.2, 0) is 4.79 Å². The first-order chi connectivity index (χ1) is 6.27. The van der Waals surface area contributed by atoms with E-state index in [2.05, 4.69) is 37.3 Å². The summed E-state index contributed by atoms with van der Waals surface area (Å²) in [4.78, 5) is 9.75. The van der Waals surface area contributed by atoms with E-state index in [1.807, 2.05) is 11.3 Å². The maximum atomic E-state index is 8.36. The lowest BCUT2D eigenvalue weighted by atomic mass is 10.2. The van der Waals surface area contributed by atoms with Crippen molar-refractivity contribution in [1.82, 2.24) is 0 Å². The van der Waals surface area contributed by atoms with E-state index in [4.69, 9.17) is 9.90 Å². The Labute approximate surface area is 80.4 Å². The number of hydrogen-bond acceptors (Lipinski definition) is 2. The zero-order chi connectivity index (χ0) is 9.68. The number of benzene rings is 1. The van der Waals surface area contributed by atoms with Crippen molar-refractivity contribution in [3.8, 4) is 0 Å². The van der Waals surface area contributed by atoms with Crippen LogP contribution in [0.25, 0.3) is 10.1 Å². The first-order valence-electron chi connectivity index (χ1n) is 3.81. The SMILES string of the molecule is Cc1cc2ccccc2s1.O=CO. The van der Waals surface area contributed by atoms with E-state index in [9.17, 15) is 0 Å². The normalized spacial score (nSPS) is 9.00. The van der Waals surface area contributed by atoms with Crippen molar-refractivity contribution >= 4 is 27.9 Å². The topological polar surface area (TPSA) is 37.3 Å². The van der Waals surface area contributed by atoms with Crippen LogP contribution in [0.5, 0.6) is 0 Å². The van der Waals surface area contributed by atoms with Gasteiger partial charge in [0.05, 0.1) is 0 Å². The summed E-state index contributed by atoms with van der Waals surface area (Å²) in [5, 5.41) is 8.25. The van der Waals surface area contributed by atoms with E-state index in [0.29, 0.717) is 0 Å². The van der Waals surface area contributed by atoms with Gasteiger partial charge in [0.2, 0.25) is 0 Å². The lowest BCUT2D eigenvalue weighted by Crippen LogP contribution is -1.56. The lowest BCUT2D eigenvalue weighted by Gasteiger charge is -1.82. The average molecular weight is 194 g/mol. The molecule has 0 aliphatic heterocycles. The highest BCUT2D eigenvalue weighted by Gasteiger charge is 1.93. The van der Waals surface area contributed by atoms with Crippen LogP contribution in [0.2, 0.25) is 0 Å². The molecule has 2 rings (SSSR count). The molecule has 0 saturated heterocycles. The number of carbonyl (C=O) groups is 1. The van der Waals surface area contributed by atoms with Gasteiger partial charge in [-0.2, -0.15) is 0 Å². The fourth-order valence-electron chi connectivity index (χ4n) is 1.11. The van der Waals surface area contributed by atoms with Gasteiger partial charge in [-0.15, -0.1) is 11.3 Å². The van der Waals surface area contributed by atoms with E-state index in [-0.39, 0.29) is 6.47 Å². The summed E-state index contributed by atoms with van der Waals surface area (Å²) in [6.45, 7) is 1.89. The van der Waals surface area contributed by atoms with Gasteiger partial charge >= 0.3 is 0 Å². The highest BCUT2D eigenvalue weighted by atomic mass is 32.1. The number of rotatable bonds is 0. The Morgan fingerprint density at radius 3 is 2.62 bits per heavy atom. The van der Waals surface area contributed by atoms with Gasteiger partial charge < -0.3 is 5.11 Å². The number of fused-ring (bicyclic) bond motifs is 1. The zero-order valence-electron chi connectivity index (χ0n) is 7.23. The summed E-state index contributed by atoms with van der Waals surface area (Å²) in [7, 11) is 0. The molecule has 68 valence electrons. The molecule has 13 heavy (non-hydrogen) atoms. The quantitative estimate of drug-likeness (QED) is 0.655. The van der Waals surface area contributed by atoms with Gasteiger partial charge in [-0.1, -0.05) is 18.2 Å². The van der Waals surface area contributed by atoms with Crippen molar-refractivity contribution in [3.63, 3.8) is 0 Å². The third kappa shape index (κ3) is 2.56. The molecular formula is C10H10O2S. The van der Waals surface area contributed by atoms with Crippen molar-refractivity contribution in [3.05, 3.63) is 35.2 Å². The van der Waals surface area contributed by atoms with Crippen LogP contribution >= 0.6 is 11.3 Å². The minimum absolute atomic E-state index is 0.250. The van der Waals surface area contributed by atoms with Gasteiger partial charge in [-0.3, -0.25) is 4.79 Å². The molecule has 3 heteroatoms. The molecular weight excluding hydrogens is 184 g/mol. The molecule has 0 aliphatic carbocycles. The number of thiophene rings is 1. The highest BCUT2D eigenvalue weighted by Crippen LogP contribution is 2.23. The first-order valence-corrected chi connectivity index (χ1v) is 4.62. The third-order valence-corrected chi connectivity index (χ3v) is 2.58. The van der Waals surface area contributed by atoms with E-state index in [1.165, 1.54) is 15.0 Å². The Balaban J connectivity index is 0.000000251. The second-order valence-corrected chi connectivity index (χ2v) is 3.79. The minimum atomic E-state index is -0.250. The molecule has 1 N–H and O–H groups in total. The van der Waals surface area contributed by atoms with Crippen molar-refractivity contribution in [2.45, 2.75) is 6.92 Å². The lowest BCUT2D eigenvalue weighted by molar-refractivity contribution is -0.122. The van der Waals surface area contributed by atoms with E-state index < -0.39 is 0 Å². The zero-order valence-corrected chi connectivity index (χ0v) is 8.04. The molecule has 0 bridgehead atoms. The number of carboxylic acid groups (broad SMARTS) is 1. The Bertz CT molecular complexity index is 359. The smallest absolute Gasteiger partial charge is 0.290 e. The molecule has 1 aromatic heterocycles. The third-order valence-electron chi connectivity index (χ3n) is 1.55. The van der Waals surface area contributed by atoms with E-state index >= 15 is 0 Å². The second-order valence-electron chi connectivity index (χ2n) is 2.50. The molecule has 2 aromatic rings. The standard InChI is InChI=1S/C9H8S.CH2O2/c1-7-6-8-4-2-3-5-9(8)10-7;2-1-3/h2-6H,1H3;1H,(H,2,3). The van der Waals surface area contributed by atoms with E-state index in [0.717, 1.165) is 0 Å². The van der Waals surface area contributed by atoms with Crippen LogP contribution in [0, 0.1) is 6.92 Å². The molecule has 0 aliphatic rings. The Kier molecular flexibility index (Phi) is 3.46. The monoisotopic (exact) mass is 194 g/mol. The maximum absolute atomic E-state index is 8.36. The Morgan fingerprint density at radius 1 is 1.38 bits per heavy atom. The van der Waals surface area contributed by atoms with Crippen LogP contribution in [0.1, 0.15) is 4.88 Å². The predicted molar refractivity (Wildman–Crippen MR) is 55.3 cm³/mol. The predicted octanol–water partition coefficient (Wildman–Crippen LogP) is 2.91. The molecule has 0 fully saturated rings. The summed E-state index contributed by atoms with van der Waals surface area (Å²) in [6, 6.07) is 10.7. The van der Waals surface area contributed by atoms with Crippen molar-refractivity contribution < 1.29 is 9.90 Å². The van der Waals surface area contributed by atoms with Crippen molar-refractivity contribution in [2.24, 2.45) is 0 Å². The molecule has 0 amide bonds. The summed E-state index contributed by atoms with van der Waals surface area (Å²) < 4.78 is 1.39. The van der Waals surface area contributed by atoms with Crippen LogP contribution in [0.4, 0.5) is 0 Å². The molecule has 0 radical (unpaired) electrons. The Hall–Kier alpha value is -1.35. The van der Waals surface area contributed by atoms with Gasteiger partial charge in [-0.25, -0.2) is 0 Å². The largest absolute Gasteiger partial charge is 0.483 e. The number of aryl methyl sites for hydroxylation is 1. The molecule has 0 unspecified atom stereocenters. The molecule has 1 aromatic carbocycles. The average Bonchev–Trinajstić information content (AvgIpc) is 2.45. The van der Waals surface area contributed by atoms with Crippen LogP contribution in [0.3, 0.4) is 0 Å². The van der Waals surface area contributed by atoms with Gasteiger partial charge in [0.25, 0.3) is 6.47 Å². The summed E-state index contributed by atoms with van der Waals surface area (Å²) in [6.07, 6.45) is 0. The Morgan fingerprint density at radius 2 is 2.00 bits per heavy atom. The van der Waals surface area contributed by atoms with Gasteiger partial charge in [0, 0.05) is 9.58 Å². The molecule has 1 heterocycles.